The number of carbonyl (C=O) groups is 1. The number of methoxy groups -OCH3 is 2. The highest BCUT2D eigenvalue weighted by molar-refractivity contribution is 5.86. The van der Waals surface area contributed by atoms with Crippen LogP contribution in [0.5, 0.6) is 0 Å². The molecule has 7 nitrogen and oxygen atoms in total. The molecular weight excluding hydrogens is 250 g/mol. The van der Waals surface area contributed by atoms with Crippen LogP contribution in [-0.4, -0.2) is 55.7 Å². The van der Waals surface area contributed by atoms with Crippen molar-refractivity contribution in [2.24, 2.45) is 0 Å². The SMILES string of the molecule is COC(=O)c1ccc(NCC2(OC)CCOC2)nn1. The van der Waals surface area contributed by atoms with Gasteiger partial charge in [-0.05, 0) is 12.1 Å². The number of nitrogens with one attached hydrogen (secondary N) is 1. The Morgan fingerprint density at radius 2 is 2.32 bits per heavy atom. The Labute approximate surface area is 111 Å². The fraction of sp³-hybridized carbons (Fsp3) is 0.583. The van der Waals surface area contributed by atoms with Crippen molar-refractivity contribution in [3.63, 3.8) is 0 Å². The standard InChI is InChI=1S/C12H17N3O4/c1-17-11(16)9-3-4-10(15-14-9)13-7-12(18-2)5-6-19-8-12/h3-4H,5-8H2,1-2H3,(H,13,15). The van der Waals surface area contributed by atoms with Gasteiger partial charge < -0.3 is 19.5 Å². The Morgan fingerprint density at radius 3 is 2.84 bits per heavy atom. The number of esters is 1. The molecule has 1 N–H and O–H groups in total. The third kappa shape index (κ3) is 3.18. The number of ether oxygens (including phenoxy) is 3. The number of nitrogens with zero attached hydrogens (tertiary/aromatic N) is 2. The predicted molar refractivity (Wildman–Crippen MR) is 67.0 cm³/mol. The summed E-state index contributed by atoms with van der Waals surface area (Å²) in [7, 11) is 2.97. The Morgan fingerprint density at radius 1 is 1.47 bits per heavy atom. The number of aromatic nitrogens is 2. The molecular formula is C12H17N3O4. The van der Waals surface area contributed by atoms with Gasteiger partial charge in [-0.1, -0.05) is 0 Å². The summed E-state index contributed by atoms with van der Waals surface area (Å²) >= 11 is 0. The second-order valence-electron chi connectivity index (χ2n) is 4.34. The summed E-state index contributed by atoms with van der Waals surface area (Å²) in [5.41, 5.74) is -0.137. The monoisotopic (exact) mass is 267 g/mol. The third-order valence-electron chi connectivity index (χ3n) is 3.15. The number of carbonyl (C=O) groups excluding carboxylic acids is 1. The van der Waals surface area contributed by atoms with Crippen molar-refractivity contribution in [2.45, 2.75) is 12.0 Å². The smallest absolute Gasteiger partial charge is 0.358 e. The van der Waals surface area contributed by atoms with Gasteiger partial charge in [0.05, 0.1) is 13.7 Å². The van der Waals surface area contributed by atoms with E-state index in [0.717, 1.165) is 6.42 Å². The summed E-state index contributed by atoms with van der Waals surface area (Å²) in [5, 5.41) is 10.8. The highest BCUT2D eigenvalue weighted by Gasteiger charge is 2.34. The minimum Gasteiger partial charge on any atom is -0.464 e. The van der Waals surface area contributed by atoms with Gasteiger partial charge in [0.15, 0.2) is 5.69 Å². The fourth-order valence-electron chi connectivity index (χ4n) is 1.85. The molecule has 2 heterocycles. The number of hydrogen-bond acceptors (Lipinski definition) is 7. The van der Waals surface area contributed by atoms with E-state index in [1.165, 1.54) is 7.11 Å². The molecule has 1 unspecified atom stereocenters. The minimum atomic E-state index is -0.503. The summed E-state index contributed by atoms with van der Waals surface area (Å²) in [6.07, 6.45) is 0.837. The second kappa shape index (κ2) is 5.94. The fourth-order valence-corrected chi connectivity index (χ4v) is 1.85. The van der Waals surface area contributed by atoms with E-state index in [-0.39, 0.29) is 11.3 Å². The molecule has 2 rings (SSSR count). The zero-order valence-corrected chi connectivity index (χ0v) is 11.0. The molecule has 0 bridgehead atoms. The van der Waals surface area contributed by atoms with Crippen molar-refractivity contribution >= 4 is 11.8 Å². The third-order valence-corrected chi connectivity index (χ3v) is 3.15. The van der Waals surface area contributed by atoms with Crippen molar-refractivity contribution in [2.75, 3.05) is 39.3 Å². The van der Waals surface area contributed by atoms with Gasteiger partial charge in [-0.3, -0.25) is 0 Å². The number of rotatable bonds is 5. The Balaban J connectivity index is 1.94. The van der Waals surface area contributed by atoms with Gasteiger partial charge in [0.25, 0.3) is 0 Å². The van der Waals surface area contributed by atoms with Crippen molar-refractivity contribution in [1.82, 2.24) is 10.2 Å². The van der Waals surface area contributed by atoms with Crippen LogP contribution in [0.2, 0.25) is 0 Å². The van der Waals surface area contributed by atoms with E-state index in [4.69, 9.17) is 9.47 Å². The first-order valence-corrected chi connectivity index (χ1v) is 5.98. The van der Waals surface area contributed by atoms with Crippen molar-refractivity contribution in [3.8, 4) is 0 Å². The molecule has 0 amide bonds. The average molecular weight is 267 g/mol. The second-order valence-corrected chi connectivity index (χ2v) is 4.34. The van der Waals surface area contributed by atoms with Crippen LogP contribution in [-0.2, 0) is 14.2 Å². The van der Waals surface area contributed by atoms with E-state index in [1.54, 1.807) is 19.2 Å². The van der Waals surface area contributed by atoms with Gasteiger partial charge in [-0.15, -0.1) is 10.2 Å². The van der Waals surface area contributed by atoms with Crippen LogP contribution in [0.15, 0.2) is 12.1 Å². The van der Waals surface area contributed by atoms with Crippen LogP contribution < -0.4 is 5.32 Å². The van der Waals surface area contributed by atoms with Gasteiger partial charge in [0.1, 0.15) is 11.4 Å². The van der Waals surface area contributed by atoms with E-state index in [9.17, 15) is 4.79 Å². The Hall–Kier alpha value is -1.73. The molecule has 1 aliphatic heterocycles. The molecule has 1 atom stereocenters. The van der Waals surface area contributed by atoms with Crippen LogP contribution in [0.1, 0.15) is 16.9 Å². The molecule has 0 saturated carbocycles. The lowest BCUT2D eigenvalue weighted by molar-refractivity contribution is -0.00626. The zero-order chi connectivity index (χ0) is 13.7. The van der Waals surface area contributed by atoms with E-state index in [0.29, 0.717) is 25.6 Å². The van der Waals surface area contributed by atoms with Crippen LogP contribution in [0.4, 0.5) is 5.82 Å². The predicted octanol–water partition coefficient (Wildman–Crippen LogP) is 0.481. The summed E-state index contributed by atoms with van der Waals surface area (Å²) in [6, 6.07) is 3.24. The lowest BCUT2D eigenvalue weighted by Crippen LogP contribution is -2.39. The van der Waals surface area contributed by atoms with E-state index < -0.39 is 5.97 Å². The largest absolute Gasteiger partial charge is 0.464 e. The van der Waals surface area contributed by atoms with Gasteiger partial charge in [0.2, 0.25) is 0 Å². The van der Waals surface area contributed by atoms with Crippen molar-refractivity contribution < 1.29 is 19.0 Å². The molecule has 7 heteroatoms. The molecule has 1 aromatic rings. The van der Waals surface area contributed by atoms with Crippen molar-refractivity contribution in [1.29, 1.82) is 0 Å². The molecule has 104 valence electrons. The maximum Gasteiger partial charge on any atom is 0.358 e. The summed E-state index contributed by atoms with van der Waals surface area (Å²) < 4.78 is 15.4. The quantitative estimate of drug-likeness (QED) is 0.777. The van der Waals surface area contributed by atoms with E-state index >= 15 is 0 Å². The average Bonchev–Trinajstić information content (AvgIpc) is 2.94. The highest BCUT2D eigenvalue weighted by atomic mass is 16.5. The van der Waals surface area contributed by atoms with Gasteiger partial charge in [-0.2, -0.15) is 0 Å². The normalized spacial score (nSPS) is 22.2. The highest BCUT2D eigenvalue weighted by Crippen LogP contribution is 2.22. The zero-order valence-electron chi connectivity index (χ0n) is 11.0. The van der Waals surface area contributed by atoms with Gasteiger partial charge in [0, 0.05) is 26.7 Å². The van der Waals surface area contributed by atoms with E-state index in [2.05, 4.69) is 20.3 Å². The van der Waals surface area contributed by atoms with E-state index in [1.807, 2.05) is 0 Å². The number of anilines is 1. The van der Waals surface area contributed by atoms with Crippen LogP contribution >= 0.6 is 0 Å². The molecule has 19 heavy (non-hydrogen) atoms. The summed E-state index contributed by atoms with van der Waals surface area (Å²) in [4.78, 5) is 11.2. The molecule has 0 aliphatic carbocycles. The maximum atomic E-state index is 11.2. The lowest BCUT2D eigenvalue weighted by atomic mass is 10.0. The first-order valence-electron chi connectivity index (χ1n) is 5.98. The molecule has 1 aliphatic rings. The van der Waals surface area contributed by atoms with Crippen LogP contribution in [0.3, 0.4) is 0 Å². The van der Waals surface area contributed by atoms with Crippen LogP contribution in [0, 0.1) is 0 Å². The molecule has 0 spiro atoms. The summed E-state index contributed by atoms with van der Waals surface area (Å²) in [5.74, 6) is 0.0765. The first-order chi connectivity index (χ1) is 9.19. The minimum absolute atomic E-state index is 0.179. The molecule has 0 aromatic carbocycles. The Kier molecular flexibility index (Phi) is 4.28. The topological polar surface area (TPSA) is 82.6 Å². The summed E-state index contributed by atoms with van der Waals surface area (Å²) in [6.45, 7) is 1.84. The number of hydrogen-bond donors (Lipinski definition) is 1. The first kappa shape index (κ1) is 13.7. The van der Waals surface area contributed by atoms with Crippen molar-refractivity contribution in [3.05, 3.63) is 17.8 Å². The Bertz CT molecular complexity index is 429. The molecule has 1 aromatic heterocycles. The molecule has 0 radical (unpaired) electrons. The lowest BCUT2D eigenvalue weighted by Gasteiger charge is -2.25. The maximum absolute atomic E-state index is 11.2. The molecule has 1 fully saturated rings. The van der Waals surface area contributed by atoms with Crippen LogP contribution in [0.25, 0.3) is 0 Å². The van der Waals surface area contributed by atoms with Gasteiger partial charge in [-0.25, -0.2) is 4.79 Å². The molecule has 1 saturated heterocycles. The van der Waals surface area contributed by atoms with Gasteiger partial charge >= 0.3 is 5.97 Å².